The second kappa shape index (κ2) is 4.53. The van der Waals surface area contributed by atoms with E-state index in [1.807, 2.05) is 19.9 Å². The Morgan fingerprint density at radius 1 is 1.29 bits per heavy atom. The summed E-state index contributed by atoms with van der Waals surface area (Å²) >= 11 is 0. The molecule has 1 heterocycles. The molecule has 0 amide bonds. The maximum absolute atomic E-state index is 9.70. The van der Waals surface area contributed by atoms with Gasteiger partial charge in [0.1, 0.15) is 0 Å². The van der Waals surface area contributed by atoms with Gasteiger partial charge in [-0.25, -0.2) is 0 Å². The van der Waals surface area contributed by atoms with E-state index < -0.39 is 12.2 Å². The molecule has 0 bridgehead atoms. The lowest BCUT2D eigenvalue weighted by Crippen LogP contribution is -2.28. The molecule has 0 spiro atoms. The first kappa shape index (κ1) is 11.1. The number of aromatic nitrogens is 1. The van der Waals surface area contributed by atoms with E-state index >= 15 is 0 Å². The topological polar surface area (TPSA) is 53.4 Å². The molecule has 3 heteroatoms. The van der Waals surface area contributed by atoms with Crippen LogP contribution in [0, 0.1) is 6.92 Å². The van der Waals surface area contributed by atoms with Crippen molar-refractivity contribution in [1.29, 1.82) is 0 Å². The summed E-state index contributed by atoms with van der Waals surface area (Å²) in [5, 5.41) is 19.0. The van der Waals surface area contributed by atoms with Gasteiger partial charge >= 0.3 is 0 Å². The number of nitrogens with zero attached hydrogens (tertiary/aromatic N) is 1. The van der Waals surface area contributed by atoms with Crippen LogP contribution in [0.3, 0.4) is 0 Å². The van der Waals surface area contributed by atoms with Crippen LogP contribution in [0.25, 0.3) is 0 Å². The largest absolute Gasteiger partial charge is 0.391 e. The molecule has 0 saturated heterocycles. The molecule has 1 aromatic heterocycles. The Morgan fingerprint density at radius 3 is 2.43 bits per heavy atom. The molecule has 0 aromatic carbocycles. The highest BCUT2D eigenvalue weighted by Gasteiger charge is 2.21. The first-order valence-corrected chi connectivity index (χ1v) is 4.80. The number of aliphatic hydroxyl groups is 2. The molecule has 1 rings (SSSR count). The van der Waals surface area contributed by atoms with Crippen molar-refractivity contribution in [3.8, 4) is 0 Å². The van der Waals surface area contributed by atoms with Crippen LogP contribution in [0.1, 0.15) is 30.9 Å². The molecule has 0 fully saturated rings. The quantitative estimate of drug-likeness (QED) is 0.762. The van der Waals surface area contributed by atoms with Gasteiger partial charge in [0.25, 0.3) is 0 Å². The standard InChI is InChI=1S/C11H17NO2/c1-7-6-12-5-4-10(7)8(2)11(14)9(3)13/h4-6,8-9,11,13-14H,1-3H3/t8?,9-,11+/m1/s1. The Labute approximate surface area is 84.4 Å². The summed E-state index contributed by atoms with van der Waals surface area (Å²) in [5.41, 5.74) is 2.08. The summed E-state index contributed by atoms with van der Waals surface area (Å²) < 4.78 is 0. The van der Waals surface area contributed by atoms with Crippen LogP contribution in [-0.2, 0) is 0 Å². The lowest BCUT2D eigenvalue weighted by Gasteiger charge is -2.22. The zero-order valence-electron chi connectivity index (χ0n) is 8.81. The highest BCUT2D eigenvalue weighted by Crippen LogP contribution is 2.23. The molecule has 0 aliphatic rings. The third-order valence-corrected chi connectivity index (χ3v) is 2.56. The van der Waals surface area contributed by atoms with Crippen molar-refractivity contribution in [3.05, 3.63) is 29.6 Å². The smallest absolute Gasteiger partial charge is 0.0862 e. The number of pyridine rings is 1. The molecule has 78 valence electrons. The maximum Gasteiger partial charge on any atom is 0.0862 e. The van der Waals surface area contributed by atoms with Gasteiger partial charge in [-0.05, 0) is 31.0 Å². The van der Waals surface area contributed by atoms with Crippen molar-refractivity contribution in [1.82, 2.24) is 4.98 Å². The van der Waals surface area contributed by atoms with Crippen molar-refractivity contribution < 1.29 is 10.2 Å². The second-order valence-corrected chi connectivity index (χ2v) is 3.75. The average molecular weight is 195 g/mol. The summed E-state index contributed by atoms with van der Waals surface area (Å²) in [6.45, 7) is 5.45. The summed E-state index contributed by atoms with van der Waals surface area (Å²) in [6.07, 6.45) is 2.03. The molecular formula is C11H17NO2. The van der Waals surface area contributed by atoms with Gasteiger partial charge in [-0.15, -0.1) is 0 Å². The van der Waals surface area contributed by atoms with Gasteiger partial charge in [0.05, 0.1) is 12.2 Å². The SMILES string of the molecule is Cc1cnccc1C(C)[C@H](O)[C@@H](C)O. The minimum absolute atomic E-state index is 0.0713. The van der Waals surface area contributed by atoms with E-state index in [1.165, 1.54) is 0 Å². The molecule has 0 aliphatic heterocycles. The first-order valence-electron chi connectivity index (χ1n) is 4.80. The Bertz CT molecular complexity index is 299. The number of hydrogen-bond acceptors (Lipinski definition) is 3. The van der Waals surface area contributed by atoms with Crippen molar-refractivity contribution >= 4 is 0 Å². The molecule has 0 aliphatic carbocycles. The van der Waals surface area contributed by atoms with E-state index in [0.717, 1.165) is 11.1 Å². The van der Waals surface area contributed by atoms with E-state index in [1.54, 1.807) is 19.3 Å². The third kappa shape index (κ3) is 2.30. The summed E-state index contributed by atoms with van der Waals surface area (Å²) in [4.78, 5) is 3.99. The summed E-state index contributed by atoms with van der Waals surface area (Å²) in [5.74, 6) is -0.0713. The molecule has 14 heavy (non-hydrogen) atoms. The molecule has 3 atom stereocenters. The Morgan fingerprint density at radius 2 is 1.93 bits per heavy atom. The van der Waals surface area contributed by atoms with Crippen molar-refractivity contribution in [3.63, 3.8) is 0 Å². The molecule has 1 aromatic rings. The van der Waals surface area contributed by atoms with Crippen LogP contribution in [0.15, 0.2) is 18.5 Å². The van der Waals surface area contributed by atoms with Gasteiger partial charge in [0, 0.05) is 18.3 Å². The Balaban J connectivity index is 2.89. The van der Waals surface area contributed by atoms with E-state index in [4.69, 9.17) is 0 Å². The van der Waals surface area contributed by atoms with Gasteiger partial charge in [0.15, 0.2) is 0 Å². The normalized spacial score (nSPS) is 17.5. The van der Waals surface area contributed by atoms with Crippen LogP contribution < -0.4 is 0 Å². The Kier molecular flexibility index (Phi) is 3.61. The van der Waals surface area contributed by atoms with Crippen molar-refractivity contribution in [2.75, 3.05) is 0 Å². The minimum atomic E-state index is -0.726. The molecule has 2 N–H and O–H groups in total. The van der Waals surface area contributed by atoms with E-state index in [9.17, 15) is 10.2 Å². The van der Waals surface area contributed by atoms with E-state index in [-0.39, 0.29) is 5.92 Å². The number of rotatable bonds is 3. The predicted molar refractivity (Wildman–Crippen MR) is 55.1 cm³/mol. The van der Waals surface area contributed by atoms with Crippen molar-refractivity contribution in [2.45, 2.75) is 38.9 Å². The number of aliphatic hydroxyl groups excluding tert-OH is 2. The molecule has 3 nitrogen and oxygen atoms in total. The monoisotopic (exact) mass is 195 g/mol. The summed E-state index contributed by atoms with van der Waals surface area (Å²) in [6, 6.07) is 1.88. The molecule has 0 saturated carbocycles. The fourth-order valence-corrected chi connectivity index (χ4v) is 1.60. The third-order valence-electron chi connectivity index (χ3n) is 2.56. The van der Waals surface area contributed by atoms with Crippen molar-refractivity contribution in [2.24, 2.45) is 0 Å². The molecule has 1 unspecified atom stereocenters. The van der Waals surface area contributed by atoms with Gasteiger partial charge in [-0.2, -0.15) is 0 Å². The van der Waals surface area contributed by atoms with Gasteiger partial charge in [-0.3, -0.25) is 4.98 Å². The minimum Gasteiger partial charge on any atom is -0.391 e. The zero-order chi connectivity index (χ0) is 10.7. The van der Waals surface area contributed by atoms with E-state index in [2.05, 4.69) is 4.98 Å². The van der Waals surface area contributed by atoms with Gasteiger partial charge in [-0.1, -0.05) is 6.92 Å². The first-order chi connectivity index (χ1) is 6.54. The maximum atomic E-state index is 9.70. The zero-order valence-corrected chi connectivity index (χ0v) is 8.81. The highest BCUT2D eigenvalue weighted by molar-refractivity contribution is 5.26. The van der Waals surface area contributed by atoms with Crippen LogP contribution in [0.2, 0.25) is 0 Å². The average Bonchev–Trinajstić information content (AvgIpc) is 2.16. The summed E-state index contributed by atoms with van der Waals surface area (Å²) in [7, 11) is 0. The second-order valence-electron chi connectivity index (χ2n) is 3.75. The Hall–Kier alpha value is -0.930. The molecular weight excluding hydrogens is 178 g/mol. The number of hydrogen-bond donors (Lipinski definition) is 2. The van der Waals surface area contributed by atoms with Gasteiger partial charge < -0.3 is 10.2 Å². The predicted octanol–water partition coefficient (Wildman–Crippen LogP) is 1.24. The fourth-order valence-electron chi connectivity index (χ4n) is 1.60. The fraction of sp³-hybridized carbons (Fsp3) is 0.545. The highest BCUT2D eigenvalue weighted by atomic mass is 16.3. The number of aryl methyl sites for hydroxylation is 1. The van der Waals surface area contributed by atoms with Crippen LogP contribution >= 0.6 is 0 Å². The van der Waals surface area contributed by atoms with Crippen LogP contribution in [0.5, 0.6) is 0 Å². The molecule has 0 radical (unpaired) electrons. The lowest BCUT2D eigenvalue weighted by molar-refractivity contribution is 0.0170. The van der Waals surface area contributed by atoms with Gasteiger partial charge in [0.2, 0.25) is 0 Å². The van der Waals surface area contributed by atoms with E-state index in [0.29, 0.717) is 0 Å². The van der Waals surface area contributed by atoms with Crippen LogP contribution in [0.4, 0.5) is 0 Å². The lowest BCUT2D eigenvalue weighted by atomic mass is 9.91. The van der Waals surface area contributed by atoms with Crippen LogP contribution in [-0.4, -0.2) is 27.4 Å².